The number of carbonyl (C=O) groups is 1. The fraction of sp³-hybridized carbons (Fsp3) is 0.762. The quantitative estimate of drug-likeness (QED) is 0.732. The Morgan fingerprint density at radius 3 is 2.76 bits per heavy atom. The lowest BCUT2D eigenvalue weighted by atomic mass is 9.46. The van der Waals surface area contributed by atoms with Crippen LogP contribution in [0.5, 0.6) is 0 Å². The van der Waals surface area contributed by atoms with Crippen molar-refractivity contribution in [3.05, 3.63) is 21.6 Å². The lowest BCUT2D eigenvalue weighted by molar-refractivity contribution is -0.151. The lowest BCUT2D eigenvalue weighted by Crippen LogP contribution is -2.59. The van der Waals surface area contributed by atoms with E-state index < -0.39 is 11.5 Å². The Kier molecular flexibility index (Phi) is 4.66. The highest BCUT2D eigenvalue weighted by molar-refractivity contribution is 6.32. The Hall–Kier alpha value is -1.60. The zero-order chi connectivity index (χ0) is 20.2. The van der Waals surface area contributed by atoms with E-state index in [1.54, 1.807) is 10.9 Å². The molecule has 0 unspecified atom stereocenters. The molecule has 0 aromatic carbocycles. The summed E-state index contributed by atoms with van der Waals surface area (Å²) in [7, 11) is 0. The Labute approximate surface area is 174 Å². The SMILES string of the molecule is O=C(O)CC12C[C@H]3C[C@H](C1)CC(n1ncc(NC[C@@H]4CCCO4)c(Cl)c1=O)(C3)C2. The van der Waals surface area contributed by atoms with Crippen LogP contribution in [0.2, 0.25) is 5.02 Å². The summed E-state index contributed by atoms with van der Waals surface area (Å²) in [6.07, 6.45) is 9.63. The van der Waals surface area contributed by atoms with Crippen LogP contribution in [-0.4, -0.2) is 40.1 Å². The van der Waals surface area contributed by atoms with Crippen molar-refractivity contribution in [2.45, 2.75) is 69.4 Å². The van der Waals surface area contributed by atoms with Crippen LogP contribution in [0.3, 0.4) is 0 Å². The topological polar surface area (TPSA) is 93.4 Å². The summed E-state index contributed by atoms with van der Waals surface area (Å²) in [5, 5.41) is 17.4. The third-order valence-corrected chi connectivity index (χ3v) is 7.96. The second-order valence-corrected chi connectivity index (χ2v) is 10.2. The second-order valence-electron chi connectivity index (χ2n) is 9.86. The van der Waals surface area contributed by atoms with Crippen molar-refractivity contribution in [3.8, 4) is 0 Å². The van der Waals surface area contributed by atoms with E-state index in [-0.39, 0.29) is 28.5 Å². The number of rotatable bonds is 6. The van der Waals surface area contributed by atoms with Gasteiger partial charge < -0.3 is 15.2 Å². The number of nitrogens with one attached hydrogen (secondary N) is 1. The molecule has 7 nitrogen and oxygen atoms in total. The van der Waals surface area contributed by atoms with Crippen LogP contribution in [0.25, 0.3) is 0 Å². The number of hydrogen-bond donors (Lipinski definition) is 2. The van der Waals surface area contributed by atoms with Crippen molar-refractivity contribution >= 4 is 23.3 Å². The summed E-state index contributed by atoms with van der Waals surface area (Å²) in [6.45, 7) is 1.39. The van der Waals surface area contributed by atoms with Gasteiger partial charge in [-0.3, -0.25) is 9.59 Å². The van der Waals surface area contributed by atoms with Crippen LogP contribution < -0.4 is 10.9 Å². The van der Waals surface area contributed by atoms with E-state index in [2.05, 4.69) is 10.4 Å². The van der Waals surface area contributed by atoms with E-state index in [4.69, 9.17) is 16.3 Å². The van der Waals surface area contributed by atoms with Crippen LogP contribution in [0.1, 0.15) is 57.8 Å². The first kappa shape index (κ1) is 19.4. The second kappa shape index (κ2) is 6.98. The number of ether oxygens (including phenoxy) is 1. The number of hydrogen-bond acceptors (Lipinski definition) is 5. The first-order valence-corrected chi connectivity index (χ1v) is 11.1. The molecule has 1 saturated heterocycles. The summed E-state index contributed by atoms with van der Waals surface area (Å²) in [5.41, 5.74) is -0.321. The predicted octanol–water partition coefficient (Wildman–Crippen LogP) is 3.26. The molecule has 5 fully saturated rings. The van der Waals surface area contributed by atoms with Gasteiger partial charge in [0.15, 0.2) is 0 Å². The van der Waals surface area contributed by atoms with Crippen molar-refractivity contribution < 1.29 is 14.6 Å². The van der Waals surface area contributed by atoms with Gasteiger partial charge in [0, 0.05) is 13.2 Å². The molecular formula is C21H28ClN3O4. The molecule has 3 atom stereocenters. The van der Waals surface area contributed by atoms with Gasteiger partial charge >= 0.3 is 5.97 Å². The number of aromatic nitrogens is 2. The fourth-order valence-electron chi connectivity index (χ4n) is 7.10. The van der Waals surface area contributed by atoms with Gasteiger partial charge in [-0.25, -0.2) is 4.68 Å². The van der Waals surface area contributed by atoms with Gasteiger partial charge in [0.05, 0.1) is 29.9 Å². The Morgan fingerprint density at radius 1 is 1.34 bits per heavy atom. The zero-order valence-electron chi connectivity index (χ0n) is 16.5. The van der Waals surface area contributed by atoms with Gasteiger partial charge in [0.2, 0.25) is 0 Å². The van der Waals surface area contributed by atoms with Gasteiger partial charge in [0.25, 0.3) is 5.56 Å². The van der Waals surface area contributed by atoms with Crippen molar-refractivity contribution in [2.24, 2.45) is 17.3 Å². The molecule has 0 radical (unpaired) electrons. The normalized spacial score (nSPS) is 37.8. The highest BCUT2D eigenvalue weighted by Crippen LogP contribution is 2.65. The first-order chi connectivity index (χ1) is 13.9. The highest BCUT2D eigenvalue weighted by Gasteiger charge is 2.59. The van der Waals surface area contributed by atoms with Crippen molar-refractivity contribution in [1.82, 2.24) is 9.78 Å². The largest absolute Gasteiger partial charge is 0.481 e. The average Bonchev–Trinajstić information content (AvgIpc) is 3.14. The lowest BCUT2D eigenvalue weighted by Gasteiger charge is -2.61. The molecule has 1 aliphatic heterocycles. The third kappa shape index (κ3) is 3.36. The Balaban J connectivity index is 1.43. The zero-order valence-corrected chi connectivity index (χ0v) is 17.3. The molecule has 6 rings (SSSR count). The maximum Gasteiger partial charge on any atom is 0.303 e. The van der Waals surface area contributed by atoms with E-state index in [0.29, 0.717) is 30.5 Å². The van der Waals surface area contributed by atoms with Crippen LogP contribution in [0.15, 0.2) is 11.0 Å². The smallest absolute Gasteiger partial charge is 0.303 e. The van der Waals surface area contributed by atoms with Gasteiger partial charge in [-0.05, 0) is 68.6 Å². The summed E-state index contributed by atoms with van der Waals surface area (Å²) in [4.78, 5) is 24.8. The Bertz CT molecular complexity index is 865. The van der Waals surface area contributed by atoms with E-state index in [1.807, 2.05) is 0 Å². The molecule has 0 amide bonds. The first-order valence-electron chi connectivity index (χ1n) is 10.7. The molecule has 4 saturated carbocycles. The predicted molar refractivity (Wildman–Crippen MR) is 108 cm³/mol. The minimum atomic E-state index is -0.742. The standard InChI is InChI=1S/C21H28ClN3O4/c22-18-16(23-10-15-2-1-3-29-15)11-24-25(19(18)28)21-7-13-4-14(8-21)6-20(5-13,12-21)9-17(26)27/h11,13-15,23H,1-10,12H2,(H,26,27)/t13-,14-,15+,20?,21?/m1/s1. The molecule has 5 aliphatic rings. The minimum absolute atomic E-state index is 0.146. The summed E-state index contributed by atoms with van der Waals surface area (Å²) < 4.78 is 7.22. The molecule has 4 aliphatic carbocycles. The number of carboxylic acids is 1. The minimum Gasteiger partial charge on any atom is -0.481 e. The van der Waals surface area contributed by atoms with Gasteiger partial charge in [-0.1, -0.05) is 11.6 Å². The molecule has 1 aromatic rings. The maximum absolute atomic E-state index is 13.2. The average molecular weight is 422 g/mol. The maximum atomic E-state index is 13.2. The summed E-state index contributed by atoms with van der Waals surface area (Å²) in [6, 6.07) is 0. The molecule has 0 spiro atoms. The van der Waals surface area contributed by atoms with Gasteiger partial charge in [-0.15, -0.1) is 0 Å². The Morgan fingerprint density at radius 2 is 2.10 bits per heavy atom. The van der Waals surface area contributed by atoms with E-state index in [1.165, 1.54) is 0 Å². The molecule has 4 bridgehead atoms. The van der Waals surface area contributed by atoms with Crippen molar-refractivity contribution in [1.29, 1.82) is 0 Å². The highest BCUT2D eigenvalue weighted by atomic mass is 35.5. The molecular weight excluding hydrogens is 394 g/mol. The number of aliphatic carboxylic acids is 1. The molecule has 158 valence electrons. The molecule has 1 aromatic heterocycles. The van der Waals surface area contributed by atoms with Crippen LogP contribution >= 0.6 is 11.6 Å². The summed E-state index contributed by atoms with van der Waals surface area (Å²) in [5.74, 6) is 0.204. The molecule has 2 heterocycles. The van der Waals surface area contributed by atoms with Gasteiger partial charge in [0.1, 0.15) is 5.02 Å². The van der Waals surface area contributed by atoms with Crippen LogP contribution in [-0.2, 0) is 15.1 Å². The van der Waals surface area contributed by atoms with Gasteiger partial charge in [-0.2, -0.15) is 5.10 Å². The van der Waals surface area contributed by atoms with Crippen molar-refractivity contribution in [2.75, 3.05) is 18.5 Å². The van der Waals surface area contributed by atoms with E-state index >= 15 is 0 Å². The number of anilines is 1. The van der Waals surface area contributed by atoms with E-state index in [9.17, 15) is 14.7 Å². The number of carboxylic acid groups (broad SMARTS) is 1. The monoisotopic (exact) mass is 421 g/mol. The third-order valence-electron chi connectivity index (χ3n) is 7.59. The fourth-order valence-corrected chi connectivity index (χ4v) is 7.30. The molecule has 8 heteroatoms. The van der Waals surface area contributed by atoms with E-state index in [0.717, 1.165) is 51.6 Å². The summed E-state index contributed by atoms with van der Waals surface area (Å²) >= 11 is 6.47. The molecule has 29 heavy (non-hydrogen) atoms. The number of halogens is 1. The van der Waals surface area contributed by atoms with Crippen molar-refractivity contribution in [3.63, 3.8) is 0 Å². The molecule has 2 N–H and O–H groups in total. The van der Waals surface area contributed by atoms with Crippen LogP contribution in [0, 0.1) is 17.3 Å². The van der Waals surface area contributed by atoms with Crippen LogP contribution in [0.4, 0.5) is 5.69 Å². The number of nitrogens with zero attached hydrogens (tertiary/aromatic N) is 2.